The largest absolute Gasteiger partial charge is 0.381 e. The Hall–Kier alpha value is -1.90. The zero-order valence-electron chi connectivity index (χ0n) is 13.0. The fourth-order valence-electron chi connectivity index (χ4n) is 2.52. The Labute approximate surface area is 140 Å². The molecule has 128 valence electrons. The molecule has 0 aliphatic carbocycles. The summed E-state index contributed by atoms with van der Waals surface area (Å²) in [4.78, 5) is 8.71. The molecule has 2 heterocycles. The van der Waals surface area contributed by atoms with Gasteiger partial charge in [0, 0.05) is 18.7 Å². The van der Waals surface area contributed by atoms with Crippen molar-refractivity contribution in [2.24, 2.45) is 0 Å². The van der Waals surface area contributed by atoms with E-state index >= 15 is 0 Å². The zero-order valence-corrected chi connectivity index (χ0v) is 13.8. The smallest absolute Gasteiger partial charge is 0.240 e. The van der Waals surface area contributed by atoms with E-state index in [-0.39, 0.29) is 17.4 Å². The van der Waals surface area contributed by atoms with Gasteiger partial charge in [-0.25, -0.2) is 27.5 Å². The molecule has 1 fully saturated rings. The monoisotopic (exact) mass is 351 g/mol. The molecule has 1 saturated heterocycles. The second-order valence-electron chi connectivity index (χ2n) is 5.60. The number of hydrogen-bond donors (Lipinski definition) is 1. The fraction of sp³-hybridized carbons (Fsp3) is 0.375. The molecule has 1 aromatic heterocycles. The summed E-state index contributed by atoms with van der Waals surface area (Å²) in [6.45, 7) is 1.39. The average Bonchev–Trinajstić information content (AvgIpc) is 2.61. The van der Waals surface area contributed by atoms with Gasteiger partial charge >= 0.3 is 0 Å². The van der Waals surface area contributed by atoms with Gasteiger partial charge in [0.25, 0.3) is 0 Å². The van der Waals surface area contributed by atoms with Crippen molar-refractivity contribution in [1.29, 1.82) is 0 Å². The number of nitrogens with one attached hydrogen (secondary N) is 1. The first kappa shape index (κ1) is 16.9. The van der Waals surface area contributed by atoms with E-state index < -0.39 is 15.8 Å². The third-order valence-electron chi connectivity index (χ3n) is 3.82. The van der Waals surface area contributed by atoms with Crippen LogP contribution < -0.4 is 4.72 Å². The van der Waals surface area contributed by atoms with Gasteiger partial charge in [-0.05, 0) is 43.2 Å². The molecule has 3 rings (SSSR count). The van der Waals surface area contributed by atoms with Gasteiger partial charge in [0.15, 0.2) is 0 Å². The molecule has 0 radical (unpaired) electrons. The topological polar surface area (TPSA) is 81.2 Å². The minimum Gasteiger partial charge on any atom is -0.381 e. The predicted octanol–water partition coefficient (Wildman–Crippen LogP) is 1.99. The number of rotatable bonds is 5. The molecule has 1 aliphatic rings. The number of benzene rings is 1. The van der Waals surface area contributed by atoms with Gasteiger partial charge in [0.2, 0.25) is 10.0 Å². The summed E-state index contributed by atoms with van der Waals surface area (Å²) < 4.78 is 45.2. The molecule has 1 N–H and O–H groups in total. The number of sulfonamides is 1. The molecular weight excluding hydrogens is 333 g/mol. The zero-order chi connectivity index (χ0) is 17.0. The van der Waals surface area contributed by atoms with Gasteiger partial charge < -0.3 is 4.74 Å². The molecule has 24 heavy (non-hydrogen) atoms. The second-order valence-corrected chi connectivity index (χ2v) is 7.37. The van der Waals surface area contributed by atoms with Crippen molar-refractivity contribution in [3.05, 3.63) is 53.9 Å². The van der Waals surface area contributed by atoms with Crippen LogP contribution in [0.3, 0.4) is 0 Å². The molecule has 8 heteroatoms. The molecule has 1 aliphatic heterocycles. The van der Waals surface area contributed by atoms with Crippen LogP contribution in [-0.2, 0) is 21.3 Å². The average molecular weight is 351 g/mol. The Balaban J connectivity index is 1.68. The molecular formula is C16H18FN3O3S. The lowest BCUT2D eigenvalue weighted by Crippen LogP contribution is -2.24. The Kier molecular flexibility index (Phi) is 5.17. The maximum Gasteiger partial charge on any atom is 0.240 e. The molecule has 0 bridgehead atoms. The van der Waals surface area contributed by atoms with Gasteiger partial charge in [0.05, 0.1) is 23.7 Å². The normalized spacial score (nSPS) is 18.5. The highest BCUT2D eigenvalue weighted by Gasteiger charge is 2.19. The first-order valence-electron chi connectivity index (χ1n) is 7.69. The van der Waals surface area contributed by atoms with Crippen LogP contribution in [0.1, 0.15) is 30.3 Å². The Morgan fingerprint density at radius 1 is 1.25 bits per heavy atom. The Morgan fingerprint density at radius 2 is 2.04 bits per heavy atom. The van der Waals surface area contributed by atoms with Crippen LogP contribution in [0.2, 0.25) is 0 Å². The number of nitrogens with zero attached hydrogens (tertiary/aromatic N) is 2. The van der Waals surface area contributed by atoms with E-state index in [1.807, 2.05) is 0 Å². The minimum atomic E-state index is -3.71. The molecule has 0 saturated carbocycles. The predicted molar refractivity (Wildman–Crippen MR) is 85.3 cm³/mol. The van der Waals surface area contributed by atoms with Gasteiger partial charge in [0.1, 0.15) is 11.6 Å². The summed E-state index contributed by atoms with van der Waals surface area (Å²) in [5, 5.41) is 0. The second kappa shape index (κ2) is 7.33. The van der Waals surface area contributed by atoms with Gasteiger partial charge in [-0.3, -0.25) is 0 Å². The van der Waals surface area contributed by atoms with E-state index in [0.717, 1.165) is 31.6 Å². The van der Waals surface area contributed by atoms with E-state index in [4.69, 9.17) is 4.74 Å². The maximum absolute atomic E-state index is 12.9. The van der Waals surface area contributed by atoms with Crippen LogP contribution in [0.4, 0.5) is 4.39 Å². The van der Waals surface area contributed by atoms with E-state index in [9.17, 15) is 12.8 Å². The first-order chi connectivity index (χ1) is 11.5. The van der Waals surface area contributed by atoms with E-state index in [1.54, 1.807) is 12.3 Å². The summed E-state index contributed by atoms with van der Waals surface area (Å²) in [7, 11) is -3.71. The van der Waals surface area contributed by atoms with E-state index in [2.05, 4.69) is 14.7 Å². The summed E-state index contributed by atoms with van der Waals surface area (Å²) in [5.74, 6) is 0.338. The molecule has 1 unspecified atom stereocenters. The summed E-state index contributed by atoms with van der Waals surface area (Å²) in [5.41, 5.74) is 0.580. The van der Waals surface area contributed by atoms with Crippen molar-refractivity contribution in [3.8, 4) is 0 Å². The van der Waals surface area contributed by atoms with Crippen LogP contribution >= 0.6 is 0 Å². The van der Waals surface area contributed by atoms with Crippen molar-refractivity contribution in [2.75, 3.05) is 13.2 Å². The fourth-order valence-corrected chi connectivity index (χ4v) is 3.52. The quantitative estimate of drug-likeness (QED) is 0.891. The number of hydrogen-bond acceptors (Lipinski definition) is 5. The van der Waals surface area contributed by atoms with Crippen LogP contribution in [-0.4, -0.2) is 31.6 Å². The van der Waals surface area contributed by atoms with Gasteiger partial charge in [-0.1, -0.05) is 0 Å². The van der Waals surface area contributed by atoms with Crippen LogP contribution in [0.15, 0.2) is 41.4 Å². The maximum atomic E-state index is 12.9. The number of aromatic nitrogens is 2. The highest BCUT2D eigenvalue weighted by atomic mass is 32.2. The summed E-state index contributed by atoms with van der Waals surface area (Å²) in [6.07, 6.45) is 3.55. The van der Waals surface area contributed by atoms with Crippen LogP contribution in [0.5, 0.6) is 0 Å². The number of ether oxygens (including phenoxy) is 1. The molecule has 0 amide bonds. The molecule has 1 aromatic carbocycles. The molecule has 0 spiro atoms. The van der Waals surface area contributed by atoms with Crippen molar-refractivity contribution >= 4 is 10.0 Å². The third-order valence-corrected chi connectivity index (χ3v) is 5.24. The highest BCUT2D eigenvalue weighted by molar-refractivity contribution is 7.89. The highest BCUT2D eigenvalue weighted by Crippen LogP contribution is 2.22. The summed E-state index contributed by atoms with van der Waals surface area (Å²) >= 11 is 0. The molecule has 1 atom stereocenters. The Bertz CT molecular complexity index is 790. The lowest BCUT2D eigenvalue weighted by Gasteiger charge is -2.20. The standard InChI is InChI=1S/C16H18FN3O3S/c17-13-3-5-15(6-4-13)24(21,22)19-10-14-7-8-18-16(20-14)12-2-1-9-23-11-12/h3-8,12,19H,1-2,9-11H2. The third kappa shape index (κ3) is 4.14. The van der Waals surface area contributed by atoms with Crippen LogP contribution in [0.25, 0.3) is 0 Å². The first-order valence-corrected chi connectivity index (χ1v) is 9.18. The lowest BCUT2D eigenvalue weighted by atomic mass is 10.0. The molecule has 6 nitrogen and oxygen atoms in total. The van der Waals surface area contributed by atoms with Crippen molar-refractivity contribution in [3.63, 3.8) is 0 Å². The van der Waals surface area contributed by atoms with E-state index in [0.29, 0.717) is 18.1 Å². The lowest BCUT2D eigenvalue weighted by molar-refractivity contribution is 0.0780. The number of halogens is 1. The Morgan fingerprint density at radius 3 is 2.75 bits per heavy atom. The van der Waals surface area contributed by atoms with Crippen LogP contribution in [0, 0.1) is 5.82 Å². The van der Waals surface area contributed by atoms with Gasteiger partial charge in [-0.15, -0.1) is 0 Å². The van der Waals surface area contributed by atoms with Crippen molar-refractivity contribution in [1.82, 2.24) is 14.7 Å². The van der Waals surface area contributed by atoms with Gasteiger partial charge in [-0.2, -0.15) is 0 Å². The van der Waals surface area contributed by atoms with E-state index in [1.165, 1.54) is 12.1 Å². The summed E-state index contributed by atoms with van der Waals surface area (Å²) in [6, 6.07) is 6.34. The van der Waals surface area contributed by atoms with Crippen molar-refractivity contribution < 1.29 is 17.5 Å². The van der Waals surface area contributed by atoms with Crippen molar-refractivity contribution in [2.45, 2.75) is 30.2 Å². The SMILES string of the molecule is O=S(=O)(NCc1ccnc(C2CCCOC2)n1)c1ccc(F)cc1. The minimum absolute atomic E-state index is 0.0128. The molecule has 2 aromatic rings.